The molecule has 1 aliphatic rings. The minimum Gasteiger partial charge on any atom is -0.357 e. The summed E-state index contributed by atoms with van der Waals surface area (Å²) in [4.78, 5) is 18.6. The molecule has 0 bridgehead atoms. The molecule has 1 atom stereocenters. The van der Waals surface area contributed by atoms with Gasteiger partial charge in [-0.2, -0.15) is 0 Å². The van der Waals surface area contributed by atoms with Crippen molar-refractivity contribution < 1.29 is 4.79 Å². The Morgan fingerprint density at radius 2 is 1.87 bits per heavy atom. The van der Waals surface area contributed by atoms with Crippen LogP contribution in [0, 0.1) is 0 Å². The van der Waals surface area contributed by atoms with Gasteiger partial charge in [0.05, 0.1) is 6.04 Å². The zero-order valence-corrected chi connectivity index (χ0v) is 19.4. The van der Waals surface area contributed by atoms with Crippen molar-refractivity contribution >= 4 is 11.9 Å². The fourth-order valence-corrected chi connectivity index (χ4v) is 4.05. The highest BCUT2D eigenvalue weighted by atomic mass is 16.2. The van der Waals surface area contributed by atoms with Crippen LogP contribution in [0.5, 0.6) is 0 Å². The van der Waals surface area contributed by atoms with E-state index in [4.69, 9.17) is 4.99 Å². The van der Waals surface area contributed by atoms with Crippen LogP contribution in [-0.2, 0) is 19.3 Å². The molecule has 31 heavy (non-hydrogen) atoms. The van der Waals surface area contributed by atoms with Crippen molar-refractivity contribution in [3.8, 4) is 0 Å². The predicted molar refractivity (Wildman–Crippen MR) is 129 cm³/mol. The van der Waals surface area contributed by atoms with Crippen molar-refractivity contribution in [2.45, 2.75) is 52.0 Å². The average molecular weight is 421 g/mol. The molecule has 0 aliphatic heterocycles. The molecule has 0 aromatic heterocycles. The van der Waals surface area contributed by atoms with Crippen LogP contribution in [0.1, 0.15) is 65.3 Å². The molecule has 3 rings (SSSR count). The fraction of sp³-hybridized carbons (Fsp3) is 0.462. The largest absolute Gasteiger partial charge is 0.357 e. The van der Waals surface area contributed by atoms with E-state index in [1.54, 1.807) is 19.0 Å². The van der Waals surface area contributed by atoms with Gasteiger partial charge in [0.2, 0.25) is 0 Å². The number of carbonyl (C=O) groups is 1. The van der Waals surface area contributed by atoms with E-state index in [1.807, 2.05) is 18.2 Å². The van der Waals surface area contributed by atoms with E-state index < -0.39 is 0 Å². The quantitative estimate of drug-likeness (QED) is 0.523. The topological polar surface area (TPSA) is 56.7 Å². The first-order valence-corrected chi connectivity index (χ1v) is 11.4. The SMILES string of the molecule is CCNC(=NCCc1cccc(C(=O)N(C)C)c1)NC(C)c1ccc2c(c1)CCCC2. The minimum atomic E-state index is 0.0271. The van der Waals surface area contributed by atoms with Crippen molar-refractivity contribution in [3.63, 3.8) is 0 Å². The number of hydrogen-bond acceptors (Lipinski definition) is 2. The molecule has 1 amide bonds. The van der Waals surface area contributed by atoms with Gasteiger partial charge in [0, 0.05) is 32.7 Å². The van der Waals surface area contributed by atoms with Crippen molar-refractivity contribution in [2.24, 2.45) is 4.99 Å². The molecule has 0 spiro atoms. The van der Waals surface area contributed by atoms with Gasteiger partial charge in [-0.3, -0.25) is 9.79 Å². The number of aliphatic imine (C=N–C) groups is 1. The van der Waals surface area contributed by atoms with Crippen LogP contribution in [0.4, 0.5) is 0 Å². The van der Waals surface area contributed by atoms with Crippen molar-refractivity contribution in [2.75, 3.05) is 27.2 Å². The van der Waals surface area contributed by atoms with Gasteiger partial charge in [0.1, 0.15) is 0 Å². The molecule has 0 heterocycles. The van der Waals surface area contributed by atoms with Crippen LogP contribution >= 0.6 is 0 Å². The average Bonchev–Trinajstić information content (AvgIpc) is 2.78. The number of nitrogens with one attached hydrogen (secondary N) is 2. The lowest BCUT2D eigenvalue weighted by Gasteiger charge is -2.21. The van der Waals surface area contributed by atoms with Gasteiger partial charge in [0.15, 0.2) is 5.96 Å². The predicted octanol–water partition coefficient (Wildman–Crippen LogP) is 4.13. The Bertz CT molecular complexity index is 919. The van der Waals surface area contributed by atoms with Crippen LogP contribution in [0.15, 0.2) is 47.5 Å². The third-order valence-electron chi connectivity index (χ3n) is 5.82. The number of fused-ring (bicyclic) bond motifs is 1. The Kier molecular flexibility index (Phi) is 8.10. The van der Waals surface area contributed by atoms with Crippen molar-refractivity contribution in [3.05, 3.63) is 70.3 Å². The zero-order valence-electron chi connectivity index (χ0n) is 19.4. The molecule has 5 nitrogen and oxygen atoms in total. The highest BCUT2D eigenvalue weighted by Crippen LogP contribution is 2.24. The van der Waals surface area contributed by atoms with E-state index in [-0.39, 0.29) is 11.9 Å². The molecule has 5 heteroatoms. The highest BCUT2D eigenvalue weighted by molar-refractivity contribution is 5.94. The molecule has 0 radical (unpaired) electrons. The first kappa shape index (κ1) is 22.9. The second-order valence-corrected chi connectivity index (χ2v) is 8.51. The number of hydrogen-bond donors (Lipinski definition) is 2. The Labute approximate surface area is 187 Å². The molecular formula is C26H36N4O. The van der Waals surface area contributed by atoms with Gasteiger partial charge in [0.25, 0.3) is 5.91 Å². The number of guanidine groups is 1. The molecule has 0 saturated carbocycles. The van der Waals surface area contributed by atoms with Gasteiger partial charge >= 0.3 is 0 Å². The maximum Gasteiger partial charge on any atom is 0.253 e. The molecule has 2 aromatic carbocycles. The smallest absolute Gasteiger partial charge is 0.253 e. The molecule has 1 unspecified atom stereocenters. The second-order valence-electron chi connectivity index (χ2n) is 8.51. The van der Waals surface area contributed by atoms with E-state index >= 15 is 0 Å². The van der Waals surface area contributed by atoms with E-state index in [2.05, 4.69) is 48.7 Å². The lowest BCUT2D eigenvalue weighted by Crippen LogP contribution is -2.39. The van der Waals surface area contributed by atoms with E-state index in [0.29, 0.717) is 6.54 Å². The van der Waals surface area contributed by atoms with Gasteiger partial charge in [-0.05, 0) is 80.3 Å². The zero-order chi connectivity index (χ0) is 22.2. The Balaban J connectivity index is 1.62. The summed E-state index contributed by atoms with van der Waals surface area (Å²) in [7, 11) is 3.55. The first-order chi connectivity index (χ1) is 15.0. The number of rotatable bonds is 7. The Hall–Kier alpha value is -2.82. The number of aryl methyl sites for hydroxylation is 2. The summed E-state index contributed by atoms with van der Waals surface area (Å²) in [5.41, 5.74) is 6.16. The maximum atomic E-state index is 12.2. The number of benzene rings is 2. The summed E-state index contributed by atoms with van der Waals surface area (Å²) in [5, 5.41) is 6.90. The van der Waals surface area contributed by atoms with Crippen LogP contribution in [0.3, 0.4) is 0 Å². The van der Waals surface area contributed by atoms with Gasteiger partial charge in [-0.15, -0.1) is 0 Å². The van der Waals surface area contributed by atoms with Crippen molar-refractivity contribution in [1.29, 1.82) is 0 Å². The number of carbonyl (C=O) groups excluding carboxylic acids is 1. The van der Waals surface area contributed by atoms with Crippen LogP contribution in [-0.4, -0.2) is 44.0 Å². The van der Waals surface area contributed by atoms with Crippen LogP contribution < -0.4 is 10.6 Å². The molecule has 0 saturated heterocycles. The number of nitrogens with zero attached hydrogens (tertiary/aromatic N) is 2. The fourth-order valence-electron chi connectivity index (χ4n) is 4.05. The van der Waals surface area contributed by atoms with E-state index in [9.17, 15) is 4.79 Å². The lowest BCUT2D eigenvalue weighted by molar-refractivity contribution is 0.0827. The van der Waals surface area contributed by atoms with E-state index in [0.717, 1.165) is 30.1 Å². The first-order valence-electron chi connectivity index (χ1n) is 11.4. The normalized spacial score (nSPS) is 14.5. The van der Waals surface area contributed by atoms with Crippen LogP contribution in [0.2, 0.25) is 0 Å². The molecular weight excluding hydrogens is 384 g/mol. The summed E-state index contributed by atoms with van der Waals surface area (Å²) < 4.78 is 0. The maximum absolute atomic E-state index is 12.2. The molecule has 1 aliphatic carbocycles. The summed E-state index contributed by atoms with van der Waals surface area (Å²) in [6.07, 6.45) is 5.80. The Morgan fingerprint density at radius 3 is 2.61 bits per heavy atom. The number of amides is 1. The standard InChI is InChI=1S/C26H36N4O/c1-5-27-26(28-16-15-20-9-8-12-24(17-20)25(31)30(3)4)29-19(2)22-14-13-21-10-6-7-11-23(21)18-22/h8-9,12-14,17-19H,5-7,10-11,15-16H2,1-4H3,(H2,27,28,29). The monoisotopic (exact) mass is 420 g/mol. The Morgan fingerprint density at radius 1 is 1.10 bits per heavy atom. The summed E-state index contributed by atoms with van der Waals surface area (Å²) in [5.74, 6) is 0.854. The highest BCUT2D eigenvalue weighted by Gasteiger charge is 2.13. The van der Waals surface area contributed by atoms with Gasteiger partial charge in [-0.1, -0.05) is 30.3 Å². The molecule has 0 fully saturated rings. The third kappa shape index (κ3) is 6.33. The van der Waals surface area contributed by atoms with Gasteiger partial charge in [-0.25, -0.2) is 0 Å². The summed E-state index contributed by atoms with van der Waals surface area (Å²) in [6.45, 7) is 5.74. The molecule has 2 aromatic rings. The summed E-state index contributed by atoms with van der Waals surface area (Å²) >= 11 is 0. The van der Waals surface area contributed by atoms with Crippen molar-refractivity contribution in [1.82, 2.24) is 15.5 Å². The lowest BCUT2D eigenvalue weighted by atomic mass is 9.89. The second kappa shape index (κ2) is 11.0. The third-order valence-corrected chi connectivity index (χ3v) is 5.82. The molecule has 166 valence electrons. The van der Waals surface area contributed by atoms with Crippen LogP contribution in [0.25, 0.3) is 0 Å². The molecule has 2 N–H and O–H groups in total. The van der Waals surface area contributed by atoms with E-state index in [1.165, 1.54) is 42.4 Å². The summed E-state index contributed by atoms with van der Waals surface area (Å²) in [6, 6.07) is 14.9. The van der Waals surface area contributed by atoms with Gasteiger partial charge < -0.3 is 15.5 Å². The minimum absolute atomic E-state index is 0.0271.